The van der Waals surface area contributed by atoms with Crippen LogP contribution in [-0.4, -0.2) is 21.1 Å². The molecule has 2 N–H and O–H groups in total. The summed E-state index contributed by atoms with van der Waals surface area (Å²) in [4.78, 5) is -0.00950. The summed E-state index contributed by atoms with van der Waals surface area (Å²) in [7, 11) is -3.84. The van der Waals surface area contributed by atoms with Crippen molar-refractivity contribution in [2.24, 2.45) is 5.14 Å². The molecule has 0 saturated carbocycles. The van der Waals surface area contributed by atoms with E-state index in [1.807, 2.05) is 36.4 Å². The molecule has 6 nitrogen and oxygen atoms in total. The highest BCUT2D eigenvalue weighted by atomic mass is 127. The smallest absolute Gasteiger partial charge is 0.238 e. The molecule has 0 amide bonds. The molecular weight excluding hydrogens is 541 g/mol. The molecule has 32 heavy (non-hydrogen) atoms. The van der Waals surface area contributed by atoms with E-state index in [0.717, 1.165) is 25.9 Å². The van der Waals surface area contributed by atoms with E-state index in [9.17, 15) is 8.42 Å². The van der Waals surface area contributed by atoms with Gasteiger partial charge in [-0.3, -0.25) is 0 Å². The Labute approximate surface area is 199 Å². The molecule has 0 bridgehead atoms. The number of halogens is 1. The first-order valence-corrected chi connectivity index (χ1v) is 12.7. The summed E-state index contributed by atoms with van der Waals surface area (Å²) in [6, 6.07) is 22.6. The quantitative estimate of drug-likeness (QED) is 0.353. The zero-order chi connectivity index (χ0) is 22.3. The molecule has 1 aliphatic rings. The van der Waals surface area contributed by atoms with E-state index in [4.69, 9.17) is 19.0 Å². The van der Waals surface area contributed by atoms with Gasteiger partial charge in [-0.25, -0.2) is 13.6 Å². The lowest BCUT2D eigenvalue weighted by molar-refractivity contribution is 0.164. The number of hydrogen-bond acceptors (Lipinski definition) is 5. The summed E-state index contributed by atoms with van der Waals surface area (Å²) >= 11 is 2.33. The van der Waals surface area contributed by atoms with Crippen LogP contribution in [0.15, 0.2) is 82.1 Å². The fourth-order valence-corrected chi connectivity index (χ4v) is 5.29. The van der Waals surface area contributed by atoms with Gasteiger partial charge in [0, 0.05) is 21.4 Å². The maximum absolute atomic E-state index is 11.7. The Bertz CT molecular complexity index is 1370. The van der Waals surface area contributed by atoms with Crippen LogP contribution >= 0.6 is 22.6 Å². The molecular formula is C24H20INO5S. The van der Waals surface area contributed by atoms with E-state index in [1.165, 1.54) is 12.1 Å². The van der Waals surface area contributed by atoms with Crippen molar-refractivity contribution in [3.63, 3.8) is 0 Å². The van der Waals surface area contributed by atoms with Crippen molar-refractivity contribution < 1.29 is 22.3 Å². The fourth-order valence-electron chi connectivity index (χ4n) is 4.04. The Morgan fingerprint density at radius 3 is 2.53 bits per heavy atom. The maximum atomic E-state index is 11.7. The Morgan fingerprint density at radius 1 is 0.969 bits per heavy atom. The number of ether oxygens (including phenoxy) is 2. The second-order valence-corrected chi connectivity index (χ2v) is 10.4. The van der Waals surface area contributed by atoms with Crippen LogP contribution in [-0.2, 0) is 10.0 Å². The van der Waals surface area contributed by atoms with Crippen LogP contribution in [0.4, 0.5) is 0 Å². The summed E-state index contributed by atoms with van der Waals surface area (Å²) in [5.74, 6) is 1.48. The molecule has 0 spiro atoms. The molecule has 164 valence electrons. The van der Waals surface area contributed by atoms with Crippen molar-refractivity contribution in [2.45, 2.75) is 23.3 Å². The molecule has 1 aliphatic heterocycles. The second kappa shape index (κ2) is 8.42. The van der Waals surface area contributed by atoms with E-state index >= 15 is 0 Å². The Hall–Kier alpha value is -2.56. The summed E-state index contributed by atoms with van der Waals surface area (Å²) in [6.07, 6.45) is 0.305. The third-order valence-corrected chi connectivity index (χ3v) is 7.44. The van der Waals surface area contributed by atoms with Crippen LogP contribution in [0.3, 0.4) is 0 Å². The lowest BCUT2D eigenvalue weighted by Gasteiger charge is -2.26. The minimum absolute atomic E-state index is 0.00950. The zero-order valence-electron chi connectivity index (χ0n) is 16.9. The van der Waals surface area contributed by atoms with Gasteiger partial charge in [0.1, 0.15) is 17.4 Å². The number of primary sulfonamides is 1. The van der Waals surface area contributed by atoms with Gasteiger partial charge in [-0.15, -0.1) is 0 Å². The molecule has 8 heteroatoms. The molecule has 2 atom stereocenters. The molecule has 0 aliphatic carbocycles. The number of rotatable bonds is 4. The SMILES string of the molecule is NS(=O)(=O)c1ccc2c(c1)OCCC([C@H](c1cc3ccccc3o1)c1ccccc1I)O2. The molecule has 3 aromatic carbocycles. The number of benzene rings is 3. The molecule has 1 aromatic heterocycles. The van der Waals surface area contributed by atoms with Gasteiger partial charge in [0.2, 0.25) is 10.0 Å². The molecule has 4 aromatic rings. The van der Waals surface area contributed by atoms with Crippen molar-refractivity contribution in [3.8, 4) is 11.5 Å². The van der Waals surface area contributed by atoms with Gasteiger partial charge in [0.15, 0.2) is 11.5 Å². The topological polar surface area (TPSA) is 91.8 Å². The molecule has 1 unspecified atom stereocenters. The van der Waals surface area contributed by atoms with Gasteiger partial charge in [0.25, 0.3) is 0 Å². The fraction of sp³-hybridized carbons (Fsp3) is 0.167. The van der Waals surface area contributed by atoms with Crippen LogP contribution in [0, 0.1) is 3.57 Å². The molecule has 0 radical (unpaired) electrons. The maximum Gasteiger partial charge on any atom is 0.238 e. The predicted octanol–water partition coefficient (Wildman–Crippen LogP) is 5.05. The van der Waals surface area contributed by atoms with Gasteiger partial charge in [-0.05, 0) is 58.5 Å². The van der Waals surface area contributed by atoms with E-state index in [2.05, 4.69) is 40.8 Å². The highest BCUT2D eigenvalue weighted by molar-refractivity contribution is 14.1. The van der Waals surface area contributed by atoms with Crippen molar-refractivity contribution in [3.05, 3.63) is 87.7 Å². The van der Waals surface area contributed by atoms with Gasteiger partial charge in [-0.2, -0.15) is 0 Å². The highest BCUT2D eigenvalue weighted by Gasteiger charge is 2.33. The van der Waals surface area contributed by atoms with Crippen LogP contribution in [0.25, 0.3) is 11.0 Å². The van der Waals surface area contributed by atoms with Crippen molar-refractivity contribution >= 4 is 43.6 Å². The lowest BCUT2D eigenvalue weighted by atomic mass is 9.89. The first-order chi connectivity index (χ1) is 15.4. The number of sulfonamides is 1. The number of nitrogens with two attached hydrogens (primary N) is 1. The average molecular weight is 561 g/mol. The number of hydrogen-bond donors (Lipinski definition) is 1. The molecule has 0 saturated heterocycles. The van der Waals surface area contributed by atoms with Gasteiger partial charge in [0.05, 0.1) is 17.4 Å². The molecule has 2 heterocycles. The van der Waals surface area contributed by atoms with Crippen LogP contribution in [0.1, 0.15) is 23.7 Å². The molecule has 5 rings (SSSR count). The summed E-state index contributed by atoms with van der Waals surface area (Å²) in [5.41, 5.74) is 1.92. The second-order valence-electron chi connectivity index (χ2n) is 7.63. The van der Waals surface area contributed by atoms with E-state index in [-0.39, 0.29) is 16.9 Å². The van der Waals surface area contributed by atoms with Crippen LogP contribution in [0.2, 0.25) is 0 Å². The lowest BCUT2D eigenvalue weighted by Crippen LogP contribution is -2.27. The van der Waals surface area contributed by atoms with Crippen LogP contribution in [0.5, 0.6) is 11.5 Å². The monoisotopic (exact) mass is 561 g/mol. The normalized spacial score (nSPS) is 17.1. The standard InChI is InChI=1S/C24H20INO5S/c25-18-7-3-2-6-17(18)24(23-13-15-5-1-4-8-19(15)30-23)21-11-12-29-22-14-16(32(26,27)28)9-10-20(22)31-21/h1-10,13-14,21,24H,11-12H2,(H2,26,27,28)/t21?,24-/m1/s1. The van der Waals surface area contributed by atoms with Crippen molar-refractivity contribution in [2.75, 3.05) is 6.61 Å². The summed E-state index contributed by atoms with van der Waals surface area (Å²) in [6.45, 7) is 0.367. The van der Waals surface area contributed by atoms with E-state index < -0.39 is 10.0 Å². The van der Waals surface area contributed by atoms with Crippen molar-refractivity contribution in [1.82, 2.24) is 0 Å². The Balaban J connectivity index is 1.59. The first kappa shape index (κ1) is 21.3. The summed E-state index contributed by atoms with van der Waals surface area (Å²) < 4.78 is 43.1. The molecule has 0 fully saturated rings. The summed E-state index contributed by atoms with van der Waals surface area (Å²) in [5, 5.41) is 6.30. The minimum Gasteiger partial charge on any atom is -0.490 e. The van der Waals surface area contributed by atoms with Crippen molar-refractivity contribution in [1.29, 1.82) is 0 Å². The first-order valence-electron chi connectivity index (χ1n) is 10.1. The predicted molar refractivity (Wildman–Crippen MR) is 130 cm³/mol. The zero-order valence-corrected chi connectivity index (χ0v) is 19.9. The van der Waals surface area contributed by atoms with Gasteiger partial charge < -0.3 is 13.9 Å². The highest BCUT2D eigenvalue weighted by Crippen LogP contribution is 2.41. The minimum atomic E-state index is -3.84. The van der Waals surface area contributed by atoms with Gasteiger partial charge >= 0.3 is 0 Å². The largest absolute Gasteiger partial charge is 0.490 e. The van der Waals surface area contributed by atoms with E-state index in [0.29, 0.717) is 24.5 Å². The Morgan fingerprint density at radius 2 is 1.75 bits per heavy atom. The van der Waals surface area contributed by atoms with Crippen LogP contribution < -0.4 is 14.6 Å². The average Bonchev–Trinajstić information content (AvgIpc) is 3.07. The number of furan rings is 1. The van der Waals surface area contributed by atoms with Gasteiger partial charge in [-0.1, -0.05) is 36.4 Å². The third kappa shape index (κ3) is 4.10. The Kier molecular flexibility index (Phi) is 5.60. The number of fused-ring (bicyclic) bond motifs is 2. The third-order valence-electron chi connectivity index (χ3n) is 5.55. The number of para-hydroxylation sites is 1. The van der Waals surface area contributed by atoms with E-state index in [1.54, 1.807) is 6.07 Å².